The molecule has 0 saturated heterocycles. The van der Waals surface area contributed by atoms with Crippen LogP contribution in [-0.2, 0) is 14.3 Å². The molecule has 0 aromatic carbocycles. The molecule has 0 radical (unpaired) electrons. The third-order valence-corrected chi connectivity index (χ3v) is 2.52. The van der Waals surface area contributed by atoms with Gasteiger partial charge in [-0.1, -0.05) is 0 Å². The summed E-state index contributed by atoms with van der Waals surface area (Å²) >= 11 is 0. The van der Waals surface area contributed by atoms with Crippen LogP contribution in [0.2, 0.25) is 0 Å². The molecule has 10 heteroatoms. The average molecular weight is 293 g/mol. The second-order valence-electron chi connectivity index (χ2n) is 3.95. The van der Waals surface area contributed by atoms with Gasteiger partial charge in [-0.05, 0) is 19.3 Å². The number of hydrogen-bond acceptors (Lipinski definition) is 3. The second kappa shape index (κ2) is 5.25. The molecule has 1 aliphatic rings. The van der Waals surface area contributed by atoms with E-state index in [-0.39, 0.29) is 19.3 Å². The molecule has 1 fully saturated rings. The molecule has 0 spiro atoms. The first-order valence-electron chi connectivity index (χ1n) is 5.17. The first-order chi connectivity index (χ1) is 8.51. The van der Waals surface area contributed by atoms with E-state index in [2.05, 4.69) is 4.74 Å². The van der Waals surface area contributed by atoms with E-state index in [4.69, 9.17) is 0 Å². The molecule has 1 N–H and O–H groups in total. The maximum absolute atomic E-state index is 12.0. The van der Waals surface area contributed by atoms with Gasteiger partial charge >= 0.3 is 24.2 Å². The fourth-order valence-corrected chi connectivity index (χ4v) is 1.69. The van der Waals surface area contributed by atoms with Crippen LogP contribution < -0.4 is 5.32 Å². The zero-order chi connectivity index (χ0) is 14.8. The van der Waals surface area contributed by atoms with Crippen molar-refractivity contribution in [2.45, 2.75) is 43.8 Å². The van der Waals surface area contributed by atoms with E-state index in [1.165, 1.54) is 5.32 Å². The topological polar surface area (TPSA) is 55.4 Å². The Hall–Kier alpha value is -1.48. The van der Waals surface area contributed by atoms with Gasteiger partial charge in [0.2, 0.25) is 0 Å². The van der Waals surface area contributed by atoms with Crippen LogP contribution >= 0.6 is 0 Å². The summed E-state index contributed by atoms with van der Waals surface area (Å²) in [6.45, 7) is 0. The molecule has 4 nitrogen and oxygen atoms in total. The summed E-state index contributed by atoms with van der Waals surface area (Å²) in [7, 11) is 0. The van der Waals surface area contributed by atoms with E-state index in [1.807, 2.05) is 0 Å². The number of alkyl halides is 6. The SMILES string of the molecule is O=C(N[C@H]1CCC[C@@H]1OC(=O)C(F)(F)F)C(F)(F)F. The van der Waals surface area contributed by atoms with Crippen molar-refractivity contribution < 1.29 is 40.7 Å². The lowest BCUT2D eigenvalue weighted by molar-refractivity contribution is -0.205. The van der Waals surface area contributed by atoms with Gasteiger partial charge in [0.1, 0.15) is 6.10 Å². The number of carbonyl (C=O) groups excluding carboxylic acids is 2. The van der Waals surface area contributed by atoms with Crippen LogP contribution in [0.15, 0.2) is 0 Å². The molecule has 1 rings (SSSR count). The van der Waals surface area contributed by atoms with Crippen molar-refractivity contribution >= 4 is 11.9 Å². The van der Waals surface area contributed by atoms with E-state index in [9.17, 15) is 35.9 Å². The molecule has 0 bridgehead atoms. The van der Waals surface area contributed by atoms with Gasteiger partial charge in [-0.15, -0.1) is 0 Å². The normalized spacial score (nSPS) is 24.1. The minimum atomic E-state index is -5.22. The van der Waals surface area contributed by atoms with Crippen molar-refractivity contribution in [2.75, 3.05) is 0 Å². The zero-order valence-corrected chi connectivity index (χ0v) is 9.27. The van der Waals surface area contributed by atoms with Gasteiger partial charge in [-0.25, -0.2) is 4.79 Å². The summed E-state index contributed by atoms with van der Waals surface area (Å²) in [6.07, 6.45) is -11.5. The first kappa shape index (κ1) is 15.6. The predicted octanol–water partition coefficient (Wildman–Crippen LogP) is 1.69. The Balaban J connectivity index is 2.60. The minimum Gasteiger partial charge on any atom is -0.454 e. The third-order valence-electron chi connectivity index (χ3n) is 2.52. The van der Waals surface area contributed by atoms with Crippen LogP contribution in [0.25, 0.3) is 0 Å². The smallest absolute Gasteiger partial charge is 0.454 e. The highest BCUT2D eigenvalue weighted by Crippen LogP contribution is 2.27. The van der Waals surface area contributed by atoms with E-state index < -0.39 is 36.4 Å². The Morgan fingerprint density at radius 2 is 1.58 bits per heavy atom. The number of rotatable bonds is 2. The fourth-order valence-electron chi connectivity index (χ4n) is 1.69. The van der Waals surface area contributed by atoms with Gasteiger partial charge in [0.15, 0.2) is 0 Å². The number of esters is 1. The molecule has 1 amide bonds. The highest BCUT2D eigenvalue weighted by atomic mass is 19.4. The lowest BCUT2D eigenvalue weighted by atomic mass is 10.2. The molecule has 0 aromatic rings. The Morgan fingerprint density at radius 3 is 2.05 bits per heavy atom. The molecule has 19 heavy (non-hydrogen) atoms. The summed E-state index contributed by atoms with van der Waals surface area (Å²) in [6, 6.07) is -1.26. The van der Waals surface area contributed by atoms with Gasteiger partial charge in [0.05, 0.1) is 6.04 Å². The number of carbonyl (C=O) groups is 2. The molecule has 1 aliphatic carbocycles. The van der Waals surface area contributed by atoms with Gasteiger partial charge in [-0.2, -0.15) is 26.3 Å². The molecule has 0 unspecified atom stereocenters. The summed E-state index contributed by atoms with van der Waals surface area (Å²) in [5, 5.41) is 1.52. The minimum absolute atomic E-state index is 0.0115. The quantitative estimate of drug-likeness (QED) is 0.622. The van der Waals surface area contributed by atoms with Crippen LogP contribution in [0.1, 0.15) is 19.3 Å². The van der Waals surface area contributed by atoms with Gasteiger partial charge in [0, 0.05) is 0 Å². The zero-order valence-electron chi connectivity index (χ0n) is 9.27. The molecular formula is C9H9F6NO3. The summed E-state index contributed by atoms with van der Waals surface area (Å²) in [5.41, 5.74) is 0. The largest absolute Gasteiger partial charge is 0.490 e. The number of nitrogens with one attached hydrogen (secondary N) is 1. The molecule has 2 atom stereocenters. The molecule has 0 aromatic heterocycles. The summed E-state index contributed by atoms with van der Waals surface area (Å²) in [4.78, 5) is 21.2. The first-order valence-corrected chi connectivity index (χ1v) is 5.17. The van der Waals surface area contributed by atoms with Crippen LogP contribution in [0.4, 0.5) is 26.3 Å². The lowest BCUT2D eigenvalue weighted by Gasteiger charge is -2.22. The van der Waals surface area contributed by atoms with Crippen LogP contribution in [0, 0.1) is 0 Å². The van der Waals surface area contributed by atoms with Gasteiger partial charge in [0.25, 0.3) is 0 Å². The maximum Gasteiger partial charge on any atom is 0.490 e. The number of amides is 1. The Kier molecular flexibility index (Phi) is 4.31. The number of hydrogen-bond donors (Lipinski definition) is 1. The van der Waals surface area contributed by atoms with Gasteiger partial charge in [-0.3, -0.25) is 4.79 Å². The lowest BCUT2D eigenvalue weighted by Crippen LogP contribution is -2.48. The van der Waals surface area contributed by atoms with E-state index in [0.29, 0.717) is 0 Å². The third kappa shape index (κ3) is 4.28. The number of halogens is 6. The Labute approximate surface area is 103 Å². The van der Waals surface area contributed by atoms with Crippen molar-refractivity contribution in [3.63, 3.8) is 0 Å². The van der Waals surface area contributed by atoms with Gasteiger partial charge < -0.3 is 10.1 Å². The van der Waals surface area contributed by atoms with Crippen molar-refractivity contribution in [3.8, 4) is 0 Å². The highest BCUT2D eigenvalue weighted by Gasteiger charge is 2.46. The van der Waals surface area contributed by atoms with Crippen LogP contribution in [0.3, 0.4) is 0 Å². The average Bonchev–Trinajstić information content (AvgIpc) is 2.62. The van der Waals surface area contributed by atoms with Crippen LogP contribution in [0.5, 0.6) is 0 Å². The van der Waals surface area contributed by atoms with Crippen molar-refractivity contribution in [3.05, 3.63) is 0 Å². The Morgan fingerprint density at radius 1 is 1.00 bits per heavy atom. The summed E-state index contributed by atoms with van der Waals surface area (Å²) < 4.78 is 75.8. The monoisotopic (exact) mass is 293 g/mol. The fraction of sp³-hybridized carbons (Fsp3) is 0.778. The van der Waals surface area contributed by atoms with Crippen molar-refractivity contribution in [1.29, 1.82) is 0 Å². The van der Waals surface area contributed by atoms with E-state index >= 15 is 0 Å². The van der Waals surface area contributed by atoms with E-state index in [0.717, 1.165) is 0 Å². The molecule has 110 valence electrons. The molecule has 0 heterocycles. The molecule has 0 aliphatic heterocycles. The molecular weight excluding hydrogens is 284 g/mol. The van der Waals surface area contributed by atoms with Crippen LogP contribution in [-0.4, -0.2) is 36.4 Å². The highest BCUT2D eigenvalue weighted by molar-refractivity contribution is 5.82. The predicted molar refractivity (Wildman–Crippen MR) is 47.8 cm³/mol. The van der Waals surface area contributed by atoms with Crippen molar-refractivity contribution in [2.24, 2.45) is 0 Å². The second-order valence-corrected chi connectivity index (χ2v) is 3.95. The Bertz CT molecular complexity index is 330. The van der Waals surface area contributed by atoms with E-state index in [1.54, 1.807) is 0 Å². The summed E-state index contributed by atoms with van der Waals surface area (Å²) in [5.74, 6) is -4.75. The maximum atomic E-state index is 12.0. The molecule has 1 saturated carbocycles. The van der Waals surface area contributed by atoms with Crippen molar-refractivity contribution in [1.82, 2.24) is 5.32 Å². The standard InChI is InChI=1S/C9H9F6NO3/c10-8(11,12)6(17)16-4-2-1-3-5(4)19-7(18)9(13,14)15/h4-5H,1-3H2,(H,16,17)/t4-,5-/m0/s1. The number of ether oxygens (including phenoxy) is 1.